The SMILES string of the molecule is CNCc1cc(F)ccc1Oc1ccc(OCO)c(C)c1. The van der Waals surface area contributed by atoms with Crippen LogP contribution in [-0.4, -0.2) is 18.9 Å². The van der Waals surface area contributed by atoms with Gasteiger partial charge < -0.3 is 19.9 Å². The van der Waals surface area contributed by atoms with E-state index in [9.17, 15) is 4.39 Å². The zero-order valence-corrected chi connectivity index (χ0v) is 12.0. The predicted molar refractivity (Wildman–Crippen MR) is 78.1 cm³/mol. The first-order valence-electron chi connectivity index (χ1n) is 6.59. The molecule has 2 N–H and O–H groups in total. The number of nitrogens with one attached hydrogen (secondary N) is 1. The minimum absolute atomic E-state index is 0.296. The molecule has 0 amide bonds. The van der Waals surface area contributed by atoms with Crippen molar-refractivity contribution in [3.63, 3.8) is 0 Å². The van der Waals surface area contributed by atoms with Crippen molar-refractivity contribution in [1.29, 1.82) is 0 Å². The quantitative estimate of drug-likeness (QED) is 0.803. The van der Waals surface area contributed by atoms with Crippen molar-refractivity contribution in [3.8, 4) is 17.2 Å². The lowest BCUT2D eigenvalue weighted by molar-refractivity contribution is 0.0978. The van der Waals surface area contributed by atoms with Gasteiger partial charge in [-0.05, 0) is 55.9 Å². The Hall–Kier alpha value is -2.11. The third-order valence-electron chi connectivity index (χ3n) is 2.98. The van der Waals surface area contributed by atoms with Crippen molar-refractivity contribution in [3.05, 3.63) is 53.3 Å². The summed E-state index contributed by atoms with van der Waals surface area (Å²) in [6.45, 7) is 2.00. The van der Waals surface area contributed by atoms with Crippen LogP contribution in [0.4, 0.5) is 4.39 Å². The van der Waals surface area contributed by atoms with E-state index in [1.165, 1.54) is 12.1 Å². The van der Waals surface area contributed by atoms with E-state index >= 15 is 0 Å². The standard InChI is InChI=1S/C16H18FNO3/c1-11-7-14(4-6-15(11)20-10-19)21-16-5-3-13(17)8-12(16)9-18-2/h3-8,18-19H,9-10H2,1-2H3. The molecule has 0 aliphatic rings. The van der Waals surface area contributed by atoms with Gasteiger partial charge in [0.05, 0.1) is 0 Å². The van der Waals surface area contributed by atoms with Crippen molar-refractivity contribution in [2.45, 2.75) is 13.5 Å². The lowest BCUT2D eigenvalue weighted by Gasteiger charge is -2.13. The molecule has 4 nitrogen and oxygen atoms in total. The topological polar surface area (TPSA) is 50.7 Å². The average Bonchev–Trinajstić information content (AvgIpc) is 2.45. The second-order valence-electron chi connectivity index (χ2n) is 4.59. The zero-order chi connectivity index (χ0) is 15.2. The van der Waals surface area contributed by atoms with Gasteiger partial charge in [-0.1, -0.05) is 0 Å². The van der Waals surface area contributed by atoms with Crippen LogP contribution >= 0.6 is 0 Å². The molecule has 0 aliphatic carbocycles. The van der Waals surface area contributed by atoms with E-state index < -0.39 is 0 Å². The lowest BCUT2D eigenvalue weighted by atomic mass is 10.2. The normalized spacial score (nSPS) is 10.5. The first kappa shape index (κ1) is 15.3. The summed E-state index contributed by atoms with van der Waals surface area (Å²) in [6, 6.07) is 9.69. The highest BCUT2D eigenvalue weighted by Crippen LogP contribution is 2.29. The highest BCUT2D eigenvalue weighted by Gasteiger charge is 2.08. The summed E-state index contributed by atoms with van der Waals surface area (Å²) in [5.41, 5.74) is 1.59. The number of ether oxygens (including phenoxy) is 2. The first-order valence-corrected chi connectivity index (χ1v) is 6.59. The Labute approximate surface area is 123 Å². The summed E-state index contributed by atoms with van der Waals surface area (Å²) in [5, 5.41) is 11.8. The summed E-state index contributed by atoms with van der Waals surface area (Å²) in [7, 11) is 1.79. The number of aryl methyl sites for hydroxylation is 1. The zero-order valence-electron chi connectivity index (χ0n) is 12.0. The number of aliphatic hydroxyl groups is 1. The first-order chi connectivity index (χ1) is 10.1. The molecule has 0 atom stereocenters. The van der Waals surface area contributed by atoms with E-state index in [0.717, 1.165) is 11.1 Å². The molecule has 0 unspecified atom stereocenters. The largest absolute Gasteiger partial charge is 0.467 e. The van der Waals surface area contributed by atoms with Gasteiger partial charge in [-0.25, -0.2) is 4.39 Å². The fourth-order valence-electron chi connectivity index (χ4n) is 2.02. The van der Waals surface area contributed by atoms with E-state index in [1.54, 1.807) is 31.3 Å². The Morgan fingerprint density at radius 2 is 1.90 bits per heavy atom. The number of hydrogen-bond acceptors (Lipinski definition) is 4. The molecule has 0 radical (unpaired) electrons. The van der Waals surface area contributed by atoms with Crippen LogP contribution in [0.1, 0.15) is 11.1 Å². The molecule has 0 aliphatic heterocycles. The Bertz CT molecular complexity index is 616. The summed E-state index contributed by atoms with van der Waals surface area (Å²) in [6.07, 6.45) is 0. The van der Waals surface area contributed by atoms with Gasteiger partial charge in [0.25, 0.3) is 0 Å². The molecule has 0 bridgehead atoms. The Kier molecular flexibility index (Phi) is 5.14. The maximum atomic E-state index is 13.3. The van der Waals surface area contributed by atoms with Crippen LogP contribution in [0.15, 0.2) is 36.4 Å². The molecule has 0 spiro atoms. The maximum Gasteiger partial charge on any atom is 0.186 e. The number of benzene rings is 2. The Morgan fingerprint density at radius 3 is 2.57 bits per heavy atom. The summed E-state index contributed by atoms with van der Waals surface area (Å²) in [5.74, 6) is 1.53. The van der Waals surface area contributed by atoms with Crippen LogP contribution in [0.5, 0.6) is 17.2 Å². The van der Waals surface area contributed by atoms with E-state index in [-0.39, 0.29) is 12.6 Å². The van der Waals surface area contributed by atoms with Gasteiger partial charge in [0.1, 0.15) is 23.1 Å². The van der Waals surface area contributed by atoms with Gasteiger partial charge in [-0.2, -0.15) is 0 Å². The second kappa shape index (κ2) is 7.06. The molecule has 5 heteroatoms. The predicted octanol–water partition coefficient (Wildman–Crippen LogP) is 2.97. The lowest BCUT2D eigenvalue weighted by Crippen LogP contribution is -2.06. The highest BCUT2D eigenvalue weighted by atomic mass is 19.1. The number of rotatable bonds is 6. The van der Waals surface area contributed by atoms with Crippen LogP contribution in [0.2, 0.25) is 0 Å². The van der Waals surface area contributed by atoms with Crippen LogP contribution in [0.3, 0.4) is 0 Å². The highest BCUT2D eigenvalue weighted by molar-refractivity contribution is 5.43. The van der Waals surface area contributed by atoms with Crippen LogP contribution < -0.4 is 14.8 Å². The van der Waals surface area contributed by atoms with Crippen molar-refractivity contribution in [2.24, 2.45) is 0 Å². The Balaban J connectivity index is 2.23. The van der Waals surface area contributed by atoms with Gasteiger partial charge in [0.2, 0.25) is 0 Å². The number of hydrogen-bond donors (Lipinski definition) is 2. The van der Waals surface area contributed by atoms with Crippen LogP contribution in [-0.2, 0) is 6.54 Å². The van der Waals surface area contributed by atoms with Crippen molar-refractivity contribution in [2.75, 3.05) is 13.8 Å². The molecule has 2 aromatic carbocycles. The molecule has 2 aromatic rings. The Morgan fingerprint density at radius 1 is 1.14 bits per heavy atom. The third kappa shape index (κ3) is 3.93. The maximum absolute atomic E-state index is 13.3. The van der Waals surface area contributed by atoms with E-state index in [0.29, 0.717) is 23.8 Å². The third-order valence-corrected chi connectivity index (χ3v) is 2.98. The van der Waals surface area contributed by atoms with Crippen LogP contribution in [0, 0.1) is 12.7 Å². The average molecular weight is 291 g/mol. The molecule has 2 rings (SSSR count). The molecular formula is C16H18FNO3. The monoisotopic (exact) mass is 291 g/mol. The minimum Gasteiger partial charge on any atom is -0.467 e. The summed E-state index contributed by atoms with van der Waals surface area (Å²) in [4.78, 5) is 0. The molecule has 0 heterocycles. The molecule has 0 fully saturated rings. The van der Waals surface area contributed by atoms with E-state index in [2.05, 4.69) is 5.32 Å². The smallest absolute Gasteiger partial charge is 0.186 e. The fourth-order valence-corrected chi connectivity index (χ4v) is 2.02. The molecule has 0 aromatic heterocycles. The van der Waals surface area contributed by atoms with Gasteiger partial charge in [0.15, 0.2) is 6.79 Å². The van der Waals surface area contributed by atoms with Gasteiger partial charge in [-0.15, -0.1) is 0 Å². The molecule has 21 heavy (non-hydrogen) atoms. The van der Waals surface area contributed by atoms with E-state index in [4.69, 9.17) is 14.6 Å². The van der Waals surface area contributed by atoms with E-state index in [1.807, 2.05) is 6.92 Å². The minimum atomic E-state index is -0.370. The van der Waals surface area contributed by atoms with Gasteiger partial charge in [0, 0.05) is 12.1 Å². The van der Waals surface area contributed by atoms with Crippen molar-refractivity contribution >= 4 is 0 Å². The number of aliphatic hydroxyl groups excluding tert-OH is 1. The summed E-state index contributed by atoms with van der Waals surface area (Å²) < 4.78 is 24.2. The number of halogens is 1. The second-order valence-corrected chi connectivity index (χ2v) is 4.59. The van der Waals surface area contributed by atoms with Crippen LogP contribution in [0.25, 0.3) is 0 Å². The van der Waals surface area contributed by atoms with Gasteiger partial charge >= 0.3 is 0 Å². The molecule has 0 saturated carbocycles. The van der Waals surface area contributed by atoms with Gasteiger partial charge in [-0.3, -0.25) is 0 Å². The fraction of sp³-hybridized carbons (Fsp3) is 0.250. The molecular weight excluding hydrogens is 273 g/mol. The molecule has 112 valence electrons. The van der Waals surface area contributed by atoms with Crippen molar-refractivity contribution in [1.82, 2.24) is 5.32 Å². The summed E-state index contributed by atoms with van der Waals surface area (Å²) >= 11 is 0. The van der Waals surface area contributed by atoms with Crippen molar-refractivity contribution < 1.29 is 19.0 Å². The molecule has 0 saturated heterocycles.